The molecule has 2 atom stereocenters. The number of aromatic amines is 1. The van der Waals surface area contributed by atoms with Gasteiger partial charge in [-0.2, -0.15) is 15.4 Å². The molecule has 0 fully saturated rings. The van der Waals surface area contributed by atoms with Gasteiger partial charge >= 0.3 is 0 Å². The van der Waals surface area contributed by atoms with E-state index in [0.717, 1.165) is 0 Å². The Kier molecular flexibility index (Phi) is 8.01. The second-order valence-electron chi connectivity index (χ2n) is 8.75. The van der Waals surface area contributed by atoms with E-state index in [2.05, 4.69) is 31.0 Å². The van der Waals surface area contributed by atoms with Crippen molar-refractivity contribution < 1.29 is 14.4 Å². The molecule has 0 unspecified atom stereocenters. The van der Waals surface area contributed by atoms with Crippen LogP contribution < -0.4 is 16.2 Å². The van der Waals surface area contributed by atoms with Crippen LogP contribution in [-0.4, -0.2) is 48.5 Å². The van der Waals surface area contributed by atoms with Crippen LogP contribution in [0.15, 0.2) is 17.2 Å². The molecule has 11 nitrogen and oxygen atoms in total. The lowest BCUT2D eigenvalue weighted by molar-refractivity contribution is -0.130. The highest BCUT2D eigenvalue weighted by Gasteiger charge is 2.28. The van der Waals surface area contributed by atoms with E-state index in [1.165, 1.54) is 24.6 Å². The highest BCUT2D eigenvalue weighted by molar-refractivity contribution is 5.92. The van der Waals surface area contributed by atoms with E-state index < -0.39 is 29.0 Å². The zero-order chi connectivity index (χ0) is 24.1. The van der Waals surface area contributed by atoms with E-state index in [1.54, 1.807) is 13.1 Å². The van der Waals surface area contributed by atoms with Gasteiger partial charge in [0.1, 0.15) is 17.5 Å². The van der Waals surface area contributed by atoms with Crippen LogP contribution in [0.5, 0.6) is 0 Å². The van der Waals surface area contributed by atoms with Crippen LogP contribution >= 0.6 is 0 Å². The number of nitrogens with one attached hydrogen (secondary N) is 3. The summed E-state index contributed by atoms with van der Waals surface area (Å²) >= 11 is 0. The molecule has 3 N–H and O–H groups in total. The molecule has 174 valence electrons. The Hall–Kier alpha value is -3.37. The molecule has 0 aromatic carbocycles. The number of hydrogen-bond acceptors (Lipinski definition) is 8. The molecule has 0 aliphatic heterocycles. The molecule has 0 aliphatic carbocycles. The molecule has 1 amide bonds. The summed E-state index contributed by atoms with van der Waals surface area (Å²) in [7, 11) is 0. The molecular formula is C21H31N7O4. The number of carbonyl (C=O) groups excluding carboxylic acids is 3. The summed E-state index contributed by atoms with van der Waals surface area (Å²) in [5, 5.41) is 15.8. The maximum Gasteiger partial charge on any atom is 0.294 e. The van der Waals surface area contributed by atoms with Crippen LogP contribution in [0, 0.1) is 0 Å². The summed E-state index contributed by atoms with van der Waals surface area (Å²) < 4.78 is 1.33. The maximum absolute atomic E-state index is 13.2. The summed E-state index contributed by atoms with van der Waals surface area (Å²) in [5.41, 5.74) is 0.329. The van der Waals surface area contributed by atoms with Crippen molar-refractivity contribution in [3.8, 4) is 0 Å². The normalized spacial score (nSPS) is 13.3. The van der Waals surface area contributed by atoms with Gasteiger partial charge in [0.15, 0.2) is 11.6 Å². The highest BCUT2D eigenvalue weighted by Crippen LogP contribution is 2.22. The Morgan fingerprint density at radius 3 is 2.41 bits per heavy atom. The summed E-state index contributed by atoms with van der Waals surface area (Å²) in [6, 6.07) is -1.81. The minimum atomic E-state index is -0.932. The second kappa shape index (κ2) is 10.3. The minimum absolute atomic E-state index is 0.0820. The Labute approximate surface area is 186 Å². The fourth-order valence-corrected chi connectivity index (χ4v) is 3.06. The van der Waals surface area contributed by atoms with Crippen LogP contribution in [-0.2, 0) is 26.3 Å². The van der Waals surface area contributed by atoms with Gasteiger partial charge in [0.2, 0.25) is 5.91 Å². The first kappa shape index (κ1) is 24.9. The summed E-state index contributed by atoms with van der Waals surface area (Å²) in [4.78, 5) is 54.1. The van der Waals surface area contributed by atoms with Gasteiger partial charge in [-0.25, -0.2) is 4.98 Å². The van der Waals surface area contributed by atoms with Gasteiger partial charge < -0.3 is 10.6 Å². The van der Waals surface area contributed by atoms with E-state index in [0.29, 0.717) is 17.8 Å². The Morgan fingerprint density at radius 2 is 1.91 bits per heavy atom. The standard InChI is InChI=1S/C21H31N7O4/c1-7-16(19(31)24-15(13(3)30)8-12(2)29)28-11-17(21(4,5)6)25-18(20(28)32)22-9-14-10-23-27-26-14/h10-11,15-16H,7-9H2,1-6H3,(H,22,25)(H,24,31)(H,23,26,27)/t15-,16-/m0/s1. The van der Waals surface area contributed by atoms with Crippen molar-refractivity contribution in [1.82, 2.24) is 30.3 Å². The SMILES string of the molecule is CC[C@@H](C(=O)N[C@@H](CC(C)=O)C(C)=O)n1cc(C(C)(C)C)nc(NCc2cn[nH]n2)c1=O. The Bertz CT molecular complexity index is 1020. The number of rotatable bonds is 10. The van der Waals surface area contributed by atoms with E-state index in [1.807, 2.05) is 20.8 Å². The summed E-state index contributed by atoms with van der Waals surface area (Å²) in [5.74, 6) is -0.965. The lowest BCUT2D eigenvalue weighted by Gasteiger charge is -2.25. The third-order valence-corrected chi connectivity index (χ3v) is 4.92. The summed E-state index contributed by atoms with van der Waals surface area (Å²) in [6.45, 7) is 10.5. The number of nitrogens with zero attached hydrogens (tertiary/aromatic N) is 4. The molecule has 2 aromatic rings. The zero-order valence-corrected chi connectivity index (χ0v) is 19.4. The van der Waals surface area contributed by atoms with Gasteiger partial charge in [0.25, 0.3) is 5.56 Å². The minimum Gasteiger partial charge on any atom is -0.360 e. The molecule has 0 radical (unpaired) electrons. The molecule has 32 heavy (non-hydrogen) atoms. The van der Waals surface area contributed by atoms with Crippen LogP contribution in [0.25, 0.3) is 0 Å². The predicted molar refractivity (Wildman–Crippen MR) is 118 cm³/mol. The zero-order valence-electron chi connectivity index (χ0n) is 19.4. The van der Waals surface area contributed by atoms with Crippen molar-refractivity contribution in [3.63, 3.8) is 0 Å². The van der Waals surface area contributed by atoms with Crippen molar-refractivity contribution in [2.24, 2.45) is 0 Å². The van der Waals surface area contributed by atoms with Crippen LogP contribution in [0.1, 0.15) is 71.8 Å². The topological polar surface area (TPSA) is 152 Å². The summed E-state index contributed by atoms with van der Waals surface area (Å²) in [6.07, 6.45) is 3.30. The fraction of sp³-hybridized carbons (Fsp3) is 0.571. The van der Waals surface area contributed by atoms with Crippen molar-refractivity contribution in [1.29, 1.82) is 0 Å². The first-order chi connectivity index (χ1) is 14.9. The van der Waals surface area contributed by atoms with Gasteiger partial charge in [-0.05, 0) is 20.3 Å². The molecule has 2 aromatic heterocycles. The van der Waals surface area contributed by atoms with E-state index in [9.17, 15) is 19.2 Å². The lowest BCUT2D eigenvalue weighted by atomic mass is 9.92. The van der Waals surface area contributed by atoms with E-state index >= 15 is 0 Å². The van der Waals surface area contributed by atoms with Crippen LogP contribution in [0.4, 0.5) is 5.82 Å². The van der Waals surface area contributed by atoms with Gasteiger partial charge in [-0.15, -0.1) is 0 Å². The Balaban J connectivity index is 2.43. The average molecular weight is 446 g/mol. The predicted octanol–water partition coefficient (Wildman–Crippen LogP) is 1.27. The largest absolute Gasteiger partial charge is 0.360 e. The number of carbonyl (C=O) groups is 3. The lowest BCUT2D eigenvalue weighted by Crippen LogP contribution is -2.46. The molecule has 0 saturated heterocycles. The molecule has 2 heterocycles. The monoisotopic (exact) mass is 445 g/mol. The van der Waals surface area contributed by atoms with Gasteiger partial charge in [-0.1, -0.05) is 27.7 Å². The quantitative estimate of drug-likeness (QED) is 0.494. The van der Waals surface area contributed by atoms with Gasteiger partial charge in [0.05, 0.1) is 24.5 Å². The van der Waals surface area contributed by atoms with Crippen molar-refractivity contribution in [2.45, 2.75) is 78.4 Å². The number of aromatic nitrogens is 5. The number of amides is 1. The van der Waals surface area contributed by atoms with Crippen molar-refractivity contribution in [3.05, 3.63) is 34.1 Å². The molecular weight excluding hydrogens is 414 g/mol. The third kappa shape index (κ3) is 6.32. The molecule has 0 bridgehead atoms. The van der Waals surface area contributed by atoms with Crippen molar-refractivity contribution >= 4 is 23.3 Å². The smallest absolute Gasteiger partial charge is 0.294 e. The number of Topliss-reactive ketones (excluding diaryl/α,β-unsaturated/α-hetero) is 2. The van der Waals surface area contributed by atoms with Gasteiger partial charge in [0, 0.05) is 18.0 Å². The van der Waals surface area contributed by atoms with E-state index in [4.69, 9.17) is 0 Å². The van der Waals surface area contributed by atoms with Gasteiger partial charge in [-0.3, -0.25) is 23.7 Å². The molecule has 0 aliphatic rings. The maximum atomic E-state index is 13.2. The molecule has 0 spiro atoms. The van der Waals surface area contributed by atoms with Crippen molar-refractivity contribution in [2.75, 3.05) is 5.32 Å². The highest BCUT2D eigenvalue weighted by atomic mass is 16.2. The average Bonchev–Trinajstić information content (AvgIpc) is 3.20. The first-order valence-electron chi connectivity index (χ1n) is 10.5. The number of anilines is 1. The number of hydrogen-bond donors (Lipinski definition) is 3. The second-order valence-corrected chi connectivity index (χ2v) is 8.75. The molecule has 0 saturated carbocycles. The third-order valence-electron chi connectivity index (χ3n) is 4.92. The number of H-pyrrole nitrogens is 1. The fourth-order valence-electron chi connectivity index (χ4n) is 3.06. The van der Waals surface area contributed by atoms with E-state index in [-0.39, 0.29) is 30.3 Å². The Morgan fingerprint density at radius 1 is 1.22 bits per heavy atom. The van der Waals surface area contributed by atoms with Crippen LogP contribution in [0.3, 0.4) is 0 Å². The molecule has 2 rings (SSSR count). The van der Waals surface area contributed by atoms with Crippen LogP contribution in [0.2, 0.25) is 0 Å². The molecule has 11 heteroatoms. The first-order valence-corrected chi connectivity index (χ1v) is 10.5. The number of ketones is 2.